The van der Waals surface area contributed by atoms with Crippen molar-refractivity contribution in [2.24, 2.45) is 0 Å². The zero-order valence-electron chi connectivity index (χ0n) is 19.6. The SMILES string of the molecule is COc1cc2ncc(-c3cccc(NS(=O)(=O)C4CCOCC4)c3)n2cc1S(=O)(=O)C(C)(C)C. The van der Waals surface area contributed by atoms with Gasteiger partial charge >= 0.3 is 0 Å². The predicted octanol–water partition coefficient (Wildman–Crippen LogP) is 3.50. The summed E-state index contributed by atoms with van der Waals surface area (Å²) in [6.45, 7) is 5.76. The molecule has 0 unspecified atom stereocenters. The van der Waals surface area contributed by atoms with Crippen LogP contribution in [0.4, 0.5) is 5.69 Å². The number of pyridine rings is 1. The van der Waals surface area contributed by atoms with E-state index in [1.807, 2.05) is 6.07 Å². The van der Waals surface area contributed by atoms with Gasteiger partial charge in [0.15, 0.2) is 9.84 Å². The zero-order valence-corrected chi connectivity index (χ0v) is 21.2. The summed E-state index contributed by atoms with van der Waals surface area (Å²) in [6.07, 6.45) is 4.04. The Hall–Kier alpha value is -2.63. The van der Waals surface area contributed by atoms with Gasteiger partial charge in [0, 0.05) is 36.7 Å². The third-order valence-electron chi connectivity index (χ3n) is 5.92. The Morgan fingerprint density at radius 3 is 2.47 bits per heavy atom. The van der Waals surface area contributed by atoms with Gasteiger partial charge < -0.3 is 9.47 Å². The molecule has 34 heavy (non-hydrogen) atoms. The van der Waals surface area contributed by atoms with Crippen molar-refractivity contribution >= 4 is 31.2 Å². The molecule has 11 heteroatoms. The quantitative estimate of drug-likeness (QED) is 0.543. The molecular weight excluding hydrogens is 478 g/mol. The van der Waals surface area contributed by atoms with Gasteiger partial charge in [-0.25, -0.2) is 21.8 Å². The molecule has 1 aliphatic rings. The number of anilines is 1. The van der Waals surface area contributed by atoms with E-state index in [0.29, 0.717) is 48.6 Å². The highest BCUT2D eigenvalue weighted by Gasteiger charge is 2.34. The number of fused-ring (bicyclic) bond motifs is 1. The van der Waals surface area contributed by atoms with Gasteiger partial charge in [0.1, 0.15) is 16.3 Å². The molecule has 0 amide bonds. The van der Waals surface area contributed by atoms with Crippen LogP contribution in [0.1, 0.15) is 33.6 Å². The lowest BCUT2D eigenvalue weighted by Gasteiger charge is -2.23. The number of hydrogen-bond donors (Lipinski definition) is 1. The first-order chi connectivity index (χ1) is 15.9. The molecule has 0 atom stereocenters. The number of sulfonamides is 1. The van der Waals surface area contributed by atoms with Crippen LogP contribution >= 0.6 is 0 Å². The first-order valence-corrected chi connectivity index (χ1v) is 14.0. The van der Waals surface area contributed by atoms with Crippen LogP contribution in [0, 0.1) is 0 Å². The van der Waals surface area contributed by atoms with Crippen LogP contribution in [0.2, 0.25) is 0 Å². The molecule has 4 rings (SSSR count). The third kappa shape index (κ3) is 4.51. The molecule has 0 aliphatic carbocycles. The van der Waals surface area contributed by atoms with Crippen LogP contribution in [0.25, 0.3) is 16.9 Å². The minimum Gasteiger partial charge on any atom is -0.495 e. The number of nitrogens with one attached hydrogen (secondary N) is 1. The number of sulfone groups is 1. The van der Waals surface area contributed by atoms with E-state index in [2.05, 4.69) is 9.71 Å². The topological polar surface area (TPSA) is 116 Å². The van der Waals surface area contributed by atoms with Gasteiger partial charge in [0.2, 0.25) is 10.0 Å². The van der Waals surface area contributed by atoms with Crippen molar-refractivity contribution in [2.45, 2.75) is 48.5 Å². The molecule has 0 bridgehead atoms. The Bertz CT molecular complexity index is 1420. The average Bonchev–Trinajstić information content (AvgIpc) is 3.21. The van der Waals surface area contributed by atoms with E-state index in [1.165, 1.54) is 13.3 Å². The van der Waals surface area contributed by atoms with E-state index in [0.717, 1.165) is 0 Å². The van der Waals surface area contributed by atoms with Crippen molar-refractivity contribution in [1.29, 1.82) is 0 Å². The highest BCUT2D eigenvalue weighted by molar-refractivity contribution is 7.93. The average molecular weight is 508 g/mol. The van der Waals surface area contributed by atoms with Crippen molar-refractivity contribution in [3.63, 3.8) is 0 Å². The summed E-state index contributed by atoms with van der Waals surface area (Å²) in [6, 6.07) is 8.54. The molecule has 3 heterocycles. The molecule has 1 N–H and O–H groups in total. The Morgan fingerprint density at radius 2 is 1.82 bits per heavy atom. The van der Waals surface area contributed by atoms with E-state index < -0.39 is 29.9 Å². The minimum absolute atomic E-state index is 0.0608. The molecule has 9 nitrogen and oxygen atoms in total. The molecule has 0 spiro atoms. The number of imidazole rings is 1. The Labute approximate surface area is 200 Å². The van der Waals surface area contributed by atoms with Gasteiger partial charge in [-0.15, -0.1) is 0 Å². The second kappa shape index (κ2) is 8.86. The fourth-order valence-electron chi connectivity index (χ4n) is 3.87. The molecule has 3 aromatic rings. The van der Waals surface area contributed by atoms with Gasteiger partial charge in [0.25, 0.3) is 0 Å². The molecule has 1 saturated heterocycles. The molecule has 0 saturated carbocycles. The Kier molecular flexibility index (Phi) is 6.38. The summed E-state index contributed by atoms with van der Waals surface area (Å²) in [5.41, 5.74) is 2.24. The normalized spacial score (nSPS) is 16.0. The van der Waals surface area contributed by atoms with Crippen LogP contribution in [0.5, 0.6) is 5.75 Å². The van der Waals surface area contributed by atoms with E-state index in [9.17, 15) is 16.8 Å². The lowest BCUT2D eigenvalue weighted by Crippen LogP contribution is -2.33. The summed E-state index contributed by atoms with van der Waals surface area (Å²) < 4.78 is 66.0. The van der Waals surface area contributed by atoms with E-state index in [1.54, 1.807) is 55.6 Å². The number of aromatic nitrogens is 2. The maximum Gasteiger partial charge on any atom is 0.235 e. The smallest absolute Gasteiger partial charge is 0.235 e. The van der Waals surface area contributed by atoms with Crippen molar-refractivity contribution in [3.05, 3.63) is 42.7 Å². The number of nitrogens with zero attached hydrogens (tertiary/aromatic N) is 2. The summed E-state index contributed by atoms with van der Waals surface area (Å²) in [5.74, 6) is 0.220. The number of hydrogen-bond acceptors (Lipinski definition) is 7. The first kappa shape index (κ1) is 24.5. The van der Waals surface area contributed by atoms with E-state index in [4.69, 9.17) is 9.47 Å². The fraction of sp³-hybridized carbons (Fsp3) is 0.435. The van der Waals surface area contributed by atoms with Crippen molar-refractivity contribution in [2.75, 3.05) is 25.0 Å². The summed E-state index contributed by atoms with van der Waals surface area (Å²) in [7, 11) is -5.85. The van der Waals surface area contributed by atoms with E-state index >= 15 is 0 Å². The third-order valence-corrected chi connectivity index (χ3v) is 10.3. The van der Waals surface area contributed by atoms with Gasteiger partial charge in [0.05, 0.1) is 29.0 Å². The van der Waals surface area contributed by atoms with Gasteiger partial charge in [-0.3, -0.25) is 9.12 Å². The van der Waals surface area contributed by atoms with Crippen molar-refractivity contribution < 1.29 is 26.3 Å². The van der Waals surface area contributed by atoms with Crippen LogP contribution in [0.3, 0.4) is 0 Å². The maximum absolute atomic E-state index is 13.2. The number of benzene rings is 1. The zero-order chi connectivity index (χ0) is 24.7. The first-order valence-electron chi connectivity index (χ1n) is 10.9. The highest BCUT2D eigenvalue weighted by atomic mass is 32.2. The lowest BCUT2D eigenvalue weighted by atomic mass is 10.1. The molecule has 1 aromatic carbocycles. The fourth-order valence-corrected chi connectivity index (χ4v) is 6.61. The number of rotatable bonds is 6. The summed E-state index contributed by atoms with van der Waals surface area (Å²) in [4.78, 5) is 4.46. The molecule has 184 valence electrons. The van der Waals surface area contributed by atoms with Crippen LogP contribution in [0.15, 0.2) is 47.6 Å². The van der Waals surface area contributed by atoms with Gasteiger partial charge in [-0.1, -0.05) is 12.1 Å². The van der Waals surface area contributed by atoms with Gasteiger partial charge in [-0.2, -0.15) is 0 Å². The van der Waals surface area contributed by atoms with Gasteiger partial charge in [-0.05, 0) is 45.7 Å². The minimum atomic E-state index is -3.71. The predicted molar refractivity (Wildman–Crippen MR) is 131 cm³/mol. The lowest BCUT2D eigenvalue weighted by molar-refractivity contribution is 0.0984. The molecule has 1 fully saturated rings. The summed E-state index contributed by atoms with van der Waals surface area (Å²) >= 11 is 0. The summed E-state index contributed by atoms with van der Waals surface area (Å²) in [5, 5.41) is -0.502. The largest absolute Gasteiger partial charge is 0.495 e. The van der Waals surface area contributed by atoms with Crippen molar-refractivity contribution in [3.8, 4) is 17.0 Å². The second-order valence-electron chi connectivity index (χ2n) is 9.23. The second-order valence-corrected chi connectivity index (χ2v) is 13.9. The van der Waals surface area contributed by atoms with Crippen LogP contribution < -0.4 is 9.46 Å². The molecule has 2 aromatic heterocycles. The Morgan fingerprint density at radius 1 is 1.12 bits per heavy atom. The Balaban J connectivity index is 1.76. The molecule has 0 radical (unpaired) electrons. The maximum atomic E-state index is 13.2. The van der Waals surface area contributed by atoms with Crippen LogP contribution in [-0.4, -0.2) is 56.5 Å². The van der Waals surface area contributed by atoms with Crippen molar-refractivity contribution in [1.82, 2.24) is 9.38 Å². The number of ether oxygens (including phenoxy) is 2. The standard InChI is InChI=1S/C23H29N3O6S2/c1-23(2,3)33(27,28)21-15-26-19(14-24-22(26)13-20(21)31-4)16-6-5-7-17(12-16)25-34(29,30)18-8-10-32-11-9-18/h5-7,12-15,18,25H,8-11H2,1-4H3. The van der Waals surface area contributed by atoms with Crippen LogP contribution in [-0.2, 0) is 24.6 Å². The molecule has 1 aliphatic heterocycles. The van der Waals surface area contributed by atoms with E-state index in [-0.39, 0.29) is 10.6 Å². The monoisotopic (exact) mass is 507 g/mol. The molecular formula is C23H29N3O6S2. The highest BCUT2D eigenvalue weighted by Crippen LogP contribution is 2.34. The number of methoxy groups -OCH3 is 1.